The molecular formula is C22H34N2O4. The highest BCUT2D eigenvalue weighted by molar-refractivity contribution is 5.76. The predicted octanol–water partition coefficient (Wildman–Crippen LogP) is 2.15. The average molecular weight is 391 g/mol. The predicted molar refractivity (Wildman–Crippen MR) is 109 cm³/mol. The van der Waals surface area contributed by atoms with Gasteiger partial charge in [0, 0.05) is 39.1 Å². The second kappa shape index (κ2) is 9.72. The Labute approximate surface area is 168 Å². The fraction of sp³-hybridized carbons (Fsp3) is 0.682. The summed E-state index contributed by atoms with van der Waals surface area (Å²) in [6.45, 7) is 9.82. The van der Waals surface area contributed by atoms with Crippen molar-refractivity contribution in [3.05, 3.63) is 29.3 Å². The van der Waals surface area contributed by atoms with Crippen molar-refractivity contribution in [2.24, 2.45) is 0 Å². The van der Waals surface area contributed by atoms with E-state index in [9.17, 15) is 9.90 Å². The number of amides is 1. The third-order valence-electron chi connectivity index (χ3n) is 6.00. The normalized spacial score (nSPS) is 24.0. The molecule has 1 aromatic rings. The van der Waals surface area contributed by atoms with Crippen molar-refractivity contribution < 1.29 is 19.4 Å². The summed E-state index contributed by atoms with van der Waals surface area (Å²) in [6, 6.07) is 6.00. The number of nitrogens with zero attached hydrogens (tertiary/aromatic N) is 2. The van der Waals surface area contributed by atoms with E-state index in [-0.39, 0.29) is 12.5 Å². The molecule has 0 aromatic heterocycles. The van der Waals surface area contributed by atoms with E-state index in [4.69, 9.17) is 9.47 Å². The second-order valence-electron chi connectivity index (χ2n) is 8.20. The number of hydrogen-bond donors (Lipinski definition) is 1. The van der Waals surface area contributed by atoms with Gasteiger partial charge in [-0.1, -0.05) is 6.07 Å². The summed E-state index contributed by atoms with van der Waals surface area (Å²) in [5.41, 5.74) is 1.53. The molecule has 1 amide bonds. The maximum Gasteiger partial charge on any atom is 0.223 e. The number of benzene rings is 1. The van der Waals surface area contributed by atoms with Crippen LogP contribution in [0.25, 0.3) is 0 Å². The lowest BCUT2D eigenvalue weighted by Gasteiger charge is -2.28. The highest BCUT2D eigenvalue weighted by Gasteiger charge is 2.32. The molecule has 6 heteroatoms. The minimum absolute atomic E-state index is 0.186. The maximum atomic E-state index is 12.6. The van der Waals surface area contributed by atoms with Gasteiger partial charge in [0.15, 0.2) is 0 Å². The lowest BCUT2D eigenvalue weighted by molar-refractivity contribution is -0.132. The first-order chi connectivity index (χ1) is 13.5. The first kappa shape index (κ1) is 21.1. The fourth-order valence-electron chi connectivity index (χ4n) is 3.83. The van der Waals surface area contributed by atoms with E-state index in [1.165, 1.54) is 11.1 Å². The van der Waals surface area contributed by atoms with Gasteiger partial charge >= 0.3 is 0 Å². The van der Waals surface area contributed by atoms with Gasteiger partial charge in [-0.25, -0.2) is 0 Å². The molecule has 0 radical (unpaired) electrons. The zero-order valence-corrected chi connectivity index (χ0v) is 17.3. The Morgan fingerprint density at radius 2 is 1.93 bits per heavy atom. The molecule has 2 aliphatic rings. The van der Waals surface area contributed by atoms with Gasteiger partial charge in [0.1, 0.15) is 18.0 Å². The van der Waals surface area contributed by atoms with Crippen LogP contribution in [0.4, 0.5) is 0 Å². The van der Waals surface area contributed by atoms with Crippen LogP contribution >= 0.6 is 0 Å². The standard InChI is InChI=1S/C22H34N2O4/c1-18-4-5-20(16-19(18)2)28-17-22(26)7-3-9-24(11-8-22)21(25)6-10-23-12-14-27-15-13-23/h4-5,16,26H,3,6-15,17H2,1-2H3. The molecule has 2 saturated heterocycles. The van der Waals surface area contributed by atoms with Crippen molar-refractivity contribution in [3.63, 3.8) is 0 Å². The lowest BCUT2D eigenvalue weighted by Crippen LogP contribution is -2.41. The molecule has 2 aliphatic heterocycles. The summed E-state index contributed by atoms with van der Waals surface area (Å²) >= 11 is 0. The molecule has 0 spiro atoms. The Balaban J connectivity index is 1.46. The number of carbonyl (C=O) groups is 1. The summed E-state index contributed by atoms with van der Waals surface area (Å²) in [5, 5.41) is 11.0. The van der Waals surface area contributed by atoms with Gasteiger partial charge in [0.25, 0.3) is 0 Å². The number of morpholine rings is 1. The SMILES string of the molecule is Cc1ccc(OCC2(O)CCCN(C(=O)CCN3CCOCC3)CC2)cc1C. The van der Waals surface area contributed by atoms with Gasteiger partial charge in [0.05, 0.1) is 13.2 Å². The highest BCUT2D eigenvalue weighted by Crippen LogP contribution is 2.25. The smallest absolute Gasteiger partial charge is 0.223 e. The van der Waals surface area contributed by atoms with Crippen LogP contribution < -0.4 is 4.74 Å². The second-order valence-corrected chi connectivity index (χ2v) is 8.20. The molecule has 156 valence electrons. The van der Waals surface area contributed by atoms with E-state index in [0.29, 0.717) is 32.4 Å². The van der Waals surface area contributed by atoms with Crippen molar-refractivity contribution >= 4 is 5.91 Å². The van der Waals surface area contributed by atoms with Crippen molar-refractivity contribution in [2.75, 3.05) is 52.5 Å². The van der Waals surface area contributed by atoms with Crippen LogP contribution in [-0.4, -0.2) is 79.0 Å². The quantitative estimate of drug-likeness (QED) is 0.806. The van der Waals surface area contributed by atoms with Crippen LogP contribution in [0.2, 0.25) is 0 Å². The molecule has 1 atom stereocenters. The Bertz CT molecular complexity index is 660. The van der Waals surface area contributed by atoms with Crippen LogP contribution in [0.5, 0.6) is 5.75 Å². The molecule has 28 heavy (non-hydrogen) atoms. The first-order valence-corrected chi connectivity index (χ1v) is 10.5. The van der Waals surface area contributed by atoms with E-state index in [2.05, 4.69) is 18.7 Å². The number of hydrogen-bond acceptors (Lipinski definition) is 5. The lowest BCUT2D eigenvalue weighted by atomic mass is 9.96. The van der Waals surface area contributed by atoms with Gasteiger partial charge in [0.2, 0.25) is 5.91 Å². The number of aryl methyl sites for hydroxylation is 2. The number of likely N-dealkylation sites (tertiary alicyclic amines) is 1. The summed E-state index contributed by atoms with van der Waals surface area (Å²) in [6.07, 6.45) is 2.56. The molecule has 0 aliphatic carbocycles. The van der Waals surface area contributed by atoms with Crippen molar-refractivity contribution in [2.45, 2.75) is 45.1 Å². The molecule has 2 fully saturated rings. The van der Waals surface area contributed by atoms with Gasteiger partial charge in [-0.05, 0) is 56.4 Å². The Hall–Kier alpha value is -1.63. The number of aliphatic hydroxyl groups is 1. The monoisotopic (exact) mass is 390 g/mol. The van der Waals surface area contributed by atoms with Gasteiger partial charge in [-0.2, -0.15) is 0 Å². The number of ether oxygens (including phenoxy) is 2. The van der Waals surface area contributed by atoms with Crippen molar-refractivity contribution in [1.29, 1.82) is 0 Å². The molecule has 3 rings (SSSR count). The first-order valence-electron chi connectivity index (χ1n) is 10.5. The third-order valence-corrected chi connectivity index (χ3v) is 6.00. The number of carbonyl (C=O) groups excluding carboxylic acids is 1. The molecule has 1 unspecified atom stereocenters. The fourth-order valence-corrected chi connectivity index (χ4v) is 3.83. The maximum absolute atomic E-state index is 12.6. The van der Waals surface area contributed by atoms with Gasteiger partial charge < -0.3 is 19.5 Å². The average Bonchev–Trinajstić information content (AvgIpc) is 2.90. The van der Waals surface area contributed by atoms with E-state index in [1.807, 2.05) is 23.1 Å². The minimum Gasteiger partial charge on any atom is -0.491 e. The molecule has 0 bridgehead atoms. The van der Waals surface area contributed by atoms with Crippen molar-refractivity contribution in [3.8, 4) is 5.75 Å². The van der Waals surface area contributed by atoms with Crippen LogP contribution in [0.3, 0.4) is 0 Å². The van der Waals surface area contributed by atoms with E-state index in [1.54, 1.807) is 0 Å². The van der Waals surface area contributed by atoms with Crippen LogP contribution in [0, 0.1) is 13.8 Å². The molecule has 0 saturated carbocycles. The van der Waals surface area contributed by atoms with Crippen molar-refractivity contribution in [1.82, 2.24) is 9.80 Å². The Kier molecular flexibility index (Phi) is 7.32. The molecule has 1 N–H and O–H groups in total. The summed E-state index contributed by atoms with van der Waals surface area (Å²) in [5.74, 6) is 0.977. The largest absolute Gasteiger partial charge is 0.491 e. The van der Waals surface area contributed by atoms with Crippen LogP contribution in [-0.2, 0) is 9.53 Å². The molecule has 6 nitrogen and oxygen atoms in total. The molecule has 1 aromatic carbocycles. The Morgan fingerprint density at radius 3 is 2.68 bits per heavy atom. The topological polar surface area (TPSA) is 62.2 Å². The Morgan fingerprint density at radius 1 is 1.14 bits per heavy atom. The van der Waals surface area contributed by atoms with Crippen LogP contribution in [0.1, 0.15) is 36.8 Å². The molecule has 2 heterocycles. The van der Waals surface area contributed by atoms with Crippen LogP contribution in [0.15, 0.2) is 18.2 Å². The molecular weight excluding hydrogens is 356 g/mol. The zero-order chi connectivity index (χ0) is 20.0. The highest BCUT2D eigenvalue weighted by atomic mass is 16.5. The van der Waals surface area contributed by atoms with E-state index in [0.717, 1.165) is 45.0 Å². The van der Waals surface area contributed by atoms with Gasteiger partial charge in [-0.3, -0.25) is 9.69 Å². The minimum atomic E-state index is -0.877. The van der Waals surface area contributed by atoms with E-state index < -0.39 is 5.60 Å². The summed E-state index contributed by atoms with van der Waals surface area (Å²) in [4.78, 5) is 16.8. The van der Waals surface area contributed by atoms with E-state index >= 15 is 0 Å². The summed E-state index contributed by atoms with van der Waals surface area (Å²) in [7, 11) is 0. The number of rotatable bonds is 6. The third kappa shape index (κ3) is 5.93. The summed E-state index contributed by atoms with van der Waals surface area (Å²) < 4.78 is 11.2. The zero-order valence-electron chi connectivity index (χ0n) is 17.3. The van der Waals surface area contributed by atoms with Gasteiger partial charge in [-0.15, -0.1) is 0 Å².